The van der Waals surface area contributed by atoms with Crippen LogP contribution in [0.15, 0.2) is 10.6 Å². The van der Waals surface area contributed by atoms with E-state index in [2.05, 4.69) is 10.5 Å². The van der Waals surface area contributed by atoms with Crippen LogP contribution < -0.4 is 5.32 Å². The predicted molar refractivity (Wildman–Crippen MR) is 74.1 cm³/mol. The Bertz CT molecular complexity index is 478. The number of hydrogen-bond donors (Lipinski definition) is 1. The van der Waals surface area contributed by atoms with Crippen molar-refractivity contribution < 1.29 is 14.1 Å². The fraction of sp³-hybridized carbons (Fsp3) is 0.643. The van der Waals surface area contributed by atoms with Crippen LogP contribution in [0.4, 0.5) is 5.82 Å². The van der Waals surface area contributed by atoms with E-state index in [4.69, 9.17) is 4.52 Å². The molecule has 0 radical (unpaired) electrons. The molecule has 6 nitrogen and oxygen atoms in total. The van der Waals surface area contributed by atoms with Gasteiger partial charge in [-0.1, -0.05) is 18.0 Å². The Morgan fingerprint density at radius 2 is 2.15 bits per heavy atom. The molecule has 0 saturated heterocycles. The second-order valence-electron chi connectivity index (χ2n) is 5.20. The van der Waals surface area contributed by atoms with E-state index in [1.54, 1.807) is 17.9 Å². The van der Waals surface area contributed by atoms with E-state index < -0.39 is 0 Å². The summed E-state index contributed by atoms with van der Waals surface area (Å²) in [6, 6.07) is 1.65. The van der Waals surface area contributed by atoms with E-state index in [-0.39, 0.29) is 24.3 Å². The first-order valence-electron chi connectivity index (χ1n) is 7.12. The highest BCUT2D eigenvalue weighted by molar-refractivity contribution is 5.94. The molecule has 1 fully saturated rings. The van der Waals surface area contributed by atoms with Gasteiger partial charge >= 0.3 is 0 Å². The Morgan fingerprint density at radius 1 is 1.45 bits per heavy atom. The zero-order valence-electron chi connectivity index (χ0n) is 12.0. The van der Waals surface area contributed by atoms with Crippen LogP contribution in [0.1, 0.15) is 38.4 Å². The number of carbonyl (C=O) groups excluding carboxylic acids is 2. The average molecular weight is 279 g/mol. The predicted octanol–water partition coefficient (Wildman–Crippen LogP) is 1.96. The van der Waals surface area contributed by atoms with Crippen molar-refractivity contribution in [1.82, 2.24) is 10.1 Å². The normalized spacial score (nSPS) is 15.3. The maximum absolute atomic E-state index is 12.3. The summed E-state index contributed by atoms with van der Waals surface area (Å²) in [6.45, 7) is 4.25. The molecule has 110 valence electrons. The van der Waals surface area contributed by atoms with Gasteiger partial charge in [-0.25, -0.2) is 0 Å². The molecule has 0 bridgehead atoms. The van der Waals surface area contributed by atoms with Gasteiger partial charge in [-0.2, -0.15) is 0 Å². The zero-order chi connectivity index (χ0) is 14.5. The molecule has 1 aliphatic carbocycles. The van der Waals surface area contributed by atoms with Gasteiger partial charge in [0, 0.05) is 18.5 Å². The molecule has 6 heteroatoms. The lowest BCUT2D eigenvalue weighted by Gasteiger charge is -2.23. The zero-order valence-corrected chi connectivity index (χ0v) is 12.0. The molecule has 2 rings (SSSR count). The first-order valence-corrected chi connectivity index (χ1v) is 7.12. The number of likely N-dealkylation sites (N-methyl/N-ethyl adjacent to an activating group) is 1. The summed E-state index contributed by atoms with van der Waals surface area (Å²) in [5.74, 6) is 0.964. The van der Waals surface area contributed by atoms with E-state index in [0.29, 0.717) is 18.1 Å². The smallest absolute Gasteiger partial charge is 0.245 e. The van der Waals surface area contributed by atoms with Gasteiger partial charge in [0.15, 0.2) is 5.82 Å². The minimum Gasteiger partial charge on any atom is -0.360 e. The monoisotopic (exact) mass is 279 g/mol. The summed E-state index contributed by atoms with van der Waals surface area (Å²) < 4.78 is 4.88. The average Bonchev–Trinajstić information content (AvgIpc) is 3.07. The fourth-order valence-corrected chi connectivity index (χ4v) is 2.56. The maximum Gasteiger partial charge on any atom is 0.245 e. The Hall–Kier alpha value is -1.85. The highest BCUT2D eigenvalue weighted by Crippen LogP contribution is 2.26. The van der Waals surface area contributed by atoms with Gasteiger partial charge in [0.2, 0.25) is 11.8 Å². The lowest BCUT2D eigenvalue weighted by molar-refractivity contribution is -0.138. The van der Waals surface area contributed by atoms with E-state index in [0.717, 1.165) is 25.7 Å². The number of rotatable bonds is 5. The molecule has 0 spiro atoms. The minimum absolute atomic E-state index is 0.0672. The summed E-state index contributed by atoms with van der Waals surface area (Å²) in [5.41, 5.74) is 0. The second-order valence-corrected chi connectivity index (χ2v) is 5.20. The molecule has 1 aliphatic rings. The van der Waals surface area contributed by atoms with Crippen molar-refractivity contribution in [2.45, 2.75) is 39.5 Å². The van der Waals surface area contributed by atoms with Crippen molar-refractivity contribution in [3.05, 3.63) is 11.8 Å². The van der Waals surface area contributed by atoms with Gasteiger partial charge < -0.3 is 14.7 Å². The number of aryl methyl sites for hydroxylation is 1. The van der Waals surface area contributed by atoms with Crippen molar-refractivity contribution in [3.8, 4) is 0 Å². The molecular weight excluding hydrogens is 258 g/mol. The molecule has 0 aromatic carbocycles. The third kappa shape index (κ3) is 3.59. The quantitative estimate of drug-likeness (QED) is 0.894. The summed E-state index contributed by atoms with van der Waals surface area (Å²) in [7, 11) is 0. The number of amides is 2. The van der Waals surface area contributed by atoms with E-state index in [9.17, 15) is 9.59 Å². The van der Waals surface area contributed by atoms with E-state index >= 15 is 0 Å². The molecular formula is C14H21N3O3. The Kier molecular flexibility index (Phi) is 4.76. The SMILES string of the molecule is CCN(CC(=O)Nc1cc(C)on1)C(=O)C1CCCC1. The standard InChI is InChI=1S/C14H21N3O3/c1-3-17(14(19)11-6-4-5-7-11)9-13(18)15-12-8-10(2)20-16-12/h8,11H,3-7,9H2,1-2H3,(H,15,16,18). The minimum atomic E-state index is -0.244. The molecule has 1 aromatic rings. The van der Waals surface area contributed by atoms with E-state index in [1.165, 1.54) is 0 Å². The number of anilines is 1. The summed E-state index contributed by atoms with van der Waals surface area (Å²) >= 11 is 0. The topological polar surface area (TPSA) is 75.4 Å². The largest absolute Gasteiger partial charge is 0.360 e. The molecule has 1 heterocycles. The van der Waals surface area contributed by atoms with Crippen LogP contribution in [0.3, 0.4) is 0 Å². The number of nitrogens with zero attached hydrogens (tertiary/aromatic N) is 2. The Morgan fingerprint density at radius 3 is 2.70 bits per heavy atom. The van der Waals surface area contributed by atoms with Gasteiger partial charge in [0.05, 0.1) is 6.54 Å². The molecule has 20 heavy (non-hydrogen) atoms. The Labute approximate surface area is 118 Å². The van der Waals surface area contributed by atoms with Crippen LogP contribution in [0.25, 0.3) is 0 Å². The third-order valence-corrected chi connectivity index (χ3v) is 3.63. The van der Waals surface area contributed by atoms with Crippen molar-refractivity contribution in [2.24, 2.45) is 5.92 Å². The van der Waals surface area contributed by atoms with Gasteiger partial charge in [-0.3, -0.25) is 9.59 Å². The number of carbonyl (C=O) groups is 2. The fourth-order valence-electron chi connectivity index (χ4n) is 2.56. The first-order chi connectivity index (χ1) is 9.60. The van der Waals surface area contributed by atoms with Crippen LogP contribution in [-0.2, 0) is 9.59 Å². The molecule has 1 aromatic heterocycles. The number of aromatic nitrogens is 1. The molecule has 0 aliphatic heterocycles. The van der Waals surface area contributed by atoms with Gasteiger partial charge in [0.1, 0.15) is 5.76 Å². The molecule has 1 saturated carbocycles. The van der Waals surface area contributed by atoms with Crippen molar-refractivity contribution in [3.63, 3.8) is 0 Å². The molecule has 0 atom stereocenters. The first kappa shape index (κ1) is 14.6. The van der Waals surface area contributed by atoms with Gasteiger partial charge in [-0.15, -0.1) is 0 Å². The Balaban J connectivity index is 1.88. The summed E-state index contributed by atoms with van der Waals surface area (Å²) in [6.07, 6.45) is 4.11. The summed E-state index contributed by atoms with van der Waals surface area (Å²) in [5, 5.41) is 6.34. The second kappa shape index (κ2) is 6.54. The molecule has 0 unspecified atom stereocenters. The molecule has 1 N–H and O–H groups in total. The lowest BCUT2D eigenvalue weighted by atomic mass is 10.1. The molecule has 2 amide bonds. The van der Waals surface area contributed by atoms with Crippen LogP contribution in [-0.4, -0.2) is 35.0 Å². The van der Waals surface area contributed by atoms with Gasteiger partial charge in [0.25, 0.3) is 0 Å². The summed E-state index contributed by atoms with van der Waals surface area (Å²) in [4.78, 5) is 25.8. The highest BCUT2D eigenvalue weighted by Gasteiger charge is 2.27. The lowest BCUT2D eigenvalue weighted by Crippen LogP contribution is -2.40. The van der Waals surface area contributed by atoms with Crippen molar-refractivity contribution >= 4 is 17.6 Å². The van der Waals surface area contributed by atoms with E-state index in [1.807, 2.05) is 6.92 Å². The van der Waals surface area contributed by atoms with Crippen LogP contribution in [0, 0.1) is 12.8 Å². The van der Waals surface area contributed by atoms with Gasteiger partial charge in [-0.05, 0) is 26.7 Å². The van der Waals surface area contributed by atoms with Crippen LogP contribution in [0.2, 0.25) is 0 Å². The highest BCUT2D eigenvalue weighted by atomic mass is 16.5. The van der Waals surface area contributed by atoms with Crippen molar-refractivity contribution in [1.29, 1.82) is 0 Å². The number of nitrogens with one attached hydrogen (secondary N) is 1. The third-order valence-electron chi connectivity index (χ3n) is 3.63. The maximum atomic E-state index is 12.3. The van der Waals surface area contributed by atoms with Crippen LogP contribution >= 0.6 is 0 Å². The van der Waals surface area contributed by atoms with Crippen LogP contribution in [0.5, 0.6) is 0 Å². The number of hydrogen-bond acceptors (Lipinski definition) is 4. The van der Waals surface area contributed by atoms with Crippen molar-refractivity contribution in [2.75, 3.05) is 18.4 Å².